The van der Waals surface area contributed by atoms with Gasteiger partial charge in [-0.15, -0.1) is 0 Å². The van der Waals surface area contributed by atoms with E-state index in [0.717, 1.165) is 12.8 Å². The van der Waals surface area contributed by atoms with E-state index in [0.29, 0.717) is 31.7 Å². The molecule has 1 rings (SSSR count). The number of piperidine rings is 1. The summed E-state index contributed by atoms with van der Waals surface area (Å²) in [6.45, 7) is 8.93. The smallest absolute Gasteiger partial charge is 0.223 e. The van der Waals surface area contributed by atoms with Crippen LogP contribution in [0, 0.1) is 5.92 Å². The van der Waals surface area contributed by atoms with Crippen LogP contribution in [-0.2, 0) is 9.59 Å². The van der Waals surface area contributed by atoms with Gasteiger partial charge in [0.2, 0.25) is 5.91 Å². The molecule has 0 saturated carbocycles. The van der Waals surface area contributed by atoms with Crippen molar-refractivity contribution in [3.8, 4) is 0 Å². The standard InChI is InChI=1S/C14H25NO2/c1-11(2)6-5-7-13(17)15-9-8-12(16)10-14(15,3)4/h11H,5-10H2,1-4H3. The van der Waals surface area contributed by atoms with Crippen LogP contribution in [0.15, 0.2) is 0 Å². The van der Waals surface area contributed by atoms with Gasteiger partial charge in [-0.05, 0) is 26.2 Å². The molecule has 0 atom stereocenters. The first-order valence-corrected chi connectivity index (χ1v) is 6.65. The fraction of sp³-hybridized carbons (Fsp3) is 0.857. The first kappa shape index (κ1) is 14.2. The molecule has 0 aromatic carbocycles. The lowest BCUT2D eigenvalue weighted by Gasteiger charge is -2.41. The van der Waals surface area contributed by atoms with Gasteiger partial charge in [0, 0.05) is 31.3 Å². The molecule has 1 aliphatic rings. The van der Waals surface area contributed by atoms with Gasteiger partial charge in [0.05, 0.1) is 0 Å². The third-order valence-electron chi connectivity index (χ3n) is 3.45. The van der Waals surface area contributed by atoms with Gasteiger partial charge in [0.15, 0.2) is 0 Å². The molecule has 1 aliphatic heterocycles. The second-order valence-electron chi connectivity index (χ2n) is 6.11. The highest BCUT2D eigenvalue weighted by atomic mass is 16.2. The molecule has 0 spiro atoms. The van der Waals surface area contributed by atoms with Crippen LogP contribution in [-0.4, -0.2) is 28.7 Å². The molecule has 0 aromatic heterocycles. The van der Waals surface area contributed by atoms with Crippen molar-refractivity contribution in [3.05, 3.63) is 0 Å². The van der Waals surface area contributed by atoms with Crippen LogP contribution < -0.4 is 0 Å². The lowest BCUT2D eigenvalue weighted by Crippen LogP contribution is -2.53. The number of hydrogen-bond donors (Lipinski definition) is 0. The molecule has 0 bridgehead atoms. The Balaban J connectivity index is 2.48. The van der Waals surface area contributed by atoms with Crippen molar-refractivity contribution in [1.82, 2.24) is 4.90 Å². The van der Waals surface area contributed by atoms with E-state index in [1.807, 2.05) is 18.7 Å². The molecule has 17 heavy (non-hydrogen) atoms. The van der Waals surface area contributed by atoms with E-state index in [1.54, 1.807) is 0 Å². The predicted octanol–water partition coefficient (Wildman–Crippen LogP) is 2.78. The van der Waals surface area contributed by atoms with Crippen molar-refractivity contribution < 1.29 is 9.59 Å². The summed E-state index contributed by atoms with van der Waals surface area (Å²) in [5.74, 6) is 1.14. The third-order valence-corrected chi connectivity index (χ3v) is 3.45. The fourth-order valence-electron chi connectivity index (χ4n) is 2.46. The van der Waals surface area contributed by atoms with Crippen molar-refractivity contribution in [2.75, 3.05) is 6.54 Å². The molecular formula is C14H25NO2. The number of carbonyl (C=O) groups is 2. The highest BCUT2D eigenvalue weighted by molar-refractivity contribution is 5.85. The average Bonchev–Trinajstić information content (AvgIpc) is 2.14. The average molecular weight is 239 g/mol. The van der Waals surface area contributed by atoms with Crippen molar-refractivity contribution in [2.45, 2.75) is 65.3 Å². The second kappa shape index (κ2) is 5.65. The van der Waals surface area contributed by atoms with Gasteiger partial charge in [-0.25, -0.2) is 0 Å². The quantitative estimate of drug-likeness (QED) is 0.756. The molecule has 1 amide bonds. The van der Waals surface area contributed by atoms with Crippen LogP contribution in [0.25, 0.3) is 0 Å². The summed E-state index contributed by atoms with van der Waals surface area (Å²) in [6.07, 6.45) is 3.70. The first-order chi connectivity index (χ1) is 7.83. The van der Waals surface area contributed by atoms with Crippen LogP contribution >= 0.6 is 0 Å². The summed E-state index contributed by atoms with van der Waals surface area (Å²) in [4.78, 5) is 25.4. The lowest BCUT2D eigenvalue weighted by molar-refractivity contribution is -0.142. The molecule has 0 N–H and O–H groups in total. The summed E-state index contributed by atoms with van der Waals surface area (Å²) in [5, 5.41) is 0. The Morgan fingerprint density at radius 1 is 1.41 bits per heavy atom. The molecule has 1 saturated heterocycles. The first-order valence-electron chi connectivity index (χ1n) is 6.65. The Bertz CT molecular complexity index is 295. The van der Waals surface area contributed by atoms with Crippen molar-refractivity contribution in [3.63, 3.8) is 0 Å². The van der Waals surface area contributed by atoms with Gasteiger partial charge in [-0.1, -0.05) is 20.3 Å². The minimum absolute atomic E-state index is 0.211. The SMILES string of the molecule is CC(C)CCCC(=O)N1CCC(=O)CC1(C)C. The normalized spacial score (nSPS) is 19.8. The Morgan fingerprint density at radius 2 is 2.06 bits per heavy atom. The van der Waals surface area contributed by atoms with Gasteiger partial charge >= 0.3 is 0 Å². The molecule has 0 aliphatic carbocycles. The van der Waals surface area contributed by atoms with Crippen molar-refractivity contribution >= 4 is 11.7 Å². The topological polar surface area (TPSA) is 37.4 Å². The summed E-state index contributed by atoms with van der Waals surface area (Å²) in [6, 6.07) is 0. The van der Waals surface area contributed by atoms with Gasteiger partial charge < -0.3 is 4.90 Å². The summed E-state index contributed by atoms with van der Waals surface area (Å²) < 4.78 is 0. The maximum Gasteiger partial charge on any atom is 0.223 e. The van der Waals surface area contributed by atoms with E-state index in [1.165, 1.54) is 0 Å². The molecule has 3 nitrogen and oxygen atoms in total. The van der Waals surface area contributed by atoms with Gasteiger partial charge in [-0.2, -0.15) is 0 Å². The van der Waals surface area contributed by atoms with Crippen LogP contribution in [0.1, 0.15) is 59.8 Å². The number of carbonyl (C=O) groups excluding carboxylic acids is 2. The zero-order chi connectivity index (χ0) is 13.1. The molecule has 1 fully saturated rings. The minimum Gasteiger partial charge on any atom is -0.337 e. The fourth-order valence-corrected chi connectivity index (χ4v) is 2.46. The van der Waals surface area contributed by atoms with Crippen LogP contribution in [0.3, 0.4) is 0 Å². The van der Waals surface area contributed by atoms with Crippen LogP contribution in [0.5, 0.6) is 0 Å². The summed E-state index contributed by atoms with van der Waals surface area (Å²) >= 11 is 0. The van der Waals surface area contributed by atoms with Crippen LogP contribution in [0.4, 0.5) is 0 Å². The molecule has 0 radical (unpaired) electrons. The monoisotopic (exact) mass is 239 g/mol. The number of nitrogens with zero attached hydrogens (tertiary/aromatic N) is 1. The van der Waals surface area contributed by atoms with Crippen molar-refractivity contribution in [1.29, 1.82) is 0 Å². The lowest BCUT2D eigenvalue weighted by atomic mass is 9.89. The van der Waals surface area contributed by atoms with E-state index < -0.39 is 0 Å². The number of rotatable bonds is 4. The Hall–Kier alpha value is -0.860. The Kier molecular flexibility index (Phi) is 4.72. The number of likely N-dealkylation sites (tertiary alicyclic amines) is 1. The predicted molar refractivity (Wildman–Crippen MR) is 68.7 cm³/mol. The zero-order valence-electron chi connectivity index (χ0n) is 11.6. The van der Waals surface area contributed by atoms with E-state index in [2.05, 4.69) is 13.8 Å². The number of hydrogen-bond acceptors (Lipinski definition) is 2. The third kappa shape index (κ3) is 4.14. The molecule has 0 aromatic rings. The van der Waals surface area contributed by atoms with E-state index in [4.69, 9.17) is 0 Å². The summed E-state index contributed by atoms with van der Waals surface area (Å²) in [5.41, 5.74) is -0.287. The van der Waals surface area contributed by atoms with Gasteiger partial charge in [0.25, 0.3) is 0 Å². The molecule has 0 unspecified atom stereocenters. The maximum absolute atomic E-state index is 12.1. The van der Waals surface area contributed by atoms with E-state index in [-0.39, 0.29) is 17.2 Å². The van der Waals surface area contributed by atoms with Gasteiger partial charge in [-0.3, -0.25) is 9.59 Å². The second-order valence-corrected chi connectivity index (χ2v) is 6.11. The van der Waals surface area contributed by atoms with Gasteiger partial charge in [0.1, 0.15) is 5.78 Å². The minimum atomic E-state index is -0.287. The number of amides is 1. The molecule has 3 heteroatoms. The van der Waals surface area contributed by atoms with Crippen molar-refractivity contribution in [2.24, 2.45) is 5.92 Å². The highest BCUT2D eigenvalue weighted by Crippen LogP contribution is 2.26. The molecule has 98 valence electrons. The zero-order valence-corrected chi connectivity index (χ0v) is 11.6. The maximum atomic E-state index is 12.1. The highest BCUT2D eigenvalue weighted by Gasteiger charge is 2.36. The number of Topliss-reactive ketones (excluding diaryl/α,β-unsaturated/α-hetero) is 1. The molecule has 1 heterocycles. The van der Waals surface area contributed by atoms with E-state index in [9.17, 15) is 9.59 Å². The van der Waals surface area contributed by atoms with Crippen LogP contribution in [0.2, 0.25) is 0 Å². The number of ketones is 1. The van der Waals surface area contributed by atoms with E-state index >= 15 is 0 Å². The molecular weight excluding hydrogens is 214 g/mol. The largest absolute Gasteiger partial charge is 0.337 e. The summed E-state index contributed by atoms with van der Waals surface area (Å²) in [7, 11) is 0. The Labute approximate surface area is 105 Å². The Morgan fingerprint density at radius 3 is 2.59 bits per heavy atom.